The van der Waals surface area contributed by atoms with E-state index in [1.165, 1.54) is 0 Å². The monoisotopic (exact) mass is 268 g/mol. The second-order valence-corrected chi connectivity index (χ2v) is 4.65. The molecule has 0 aromatic carbocycles. The van der Waals surface area contributed by atoms with Crippen molar-refractivity contribution < 1.29 is 9.47 Å². The summed E-state index contributed by atoms with van der Waals surface area (Å²) < 4.78 is 10.9. The standard InChI is InChI=1S/C11H20N6O2/c1-17(2)10-13-9(16-12)14-11(15-10)19-7-8-3-5-18-6-4-8/h8H,3-7,12H2,1-2H3,(H,13,14,15,16). The van der Waals surface area contributed by atoms with Gasteiger partial charge in [0.15, 0.2) is 0 Å². The summed E-state index contributed by atoms with van der Waals surface area (Å²) in [5, 5.41) is 0. The Hall–Kier alpha value is -1.67. The molecule has 2 heterocycles. The fraction of sp³-hybridized carbons (Fsp3) is 0.727. The van der Waals surface area contributed by atoms with Crippen molar-refractivity contribution in [2.75, 3.05) is 44.2 Å². The summed E-state index contributed by atoms with van der Waals surface area (Å²) in [6.07, 6.45) is 2.02. The molecule has 0 spiro atoms. The molecular formula is C11H20N6O2. The average Bonchev–Trinajstić information content (AvgIpc) is 2.45. The van der Waals surface area contributed by atoms with Gasteiger partial charge >= 0.3 is 6.01 Å². The van der Waals surface area contributed by atoms with Crippen LogP contribution in [0.5, 0.6) is 6.01 Å². The Bertz CT molecular complexity index is 408. The number of rotatable bonds is 5. The number of hydrogen-bond acceptors (Lipinski definition) is 8. The van der Waals surface area contributed by atoms with E-state index in [4.69, 9.17) is 15.3 Å². The van der Waals surface area contributed by atoms with Gasteiger partial charge in [0, 0.05) is 27.3 Å². The molecule has 1 aliphatic rings. The van der Waals surface area contributed by atoms with Crippen molar-refractivity contribution in [1.82, 2.24) is 15.0 Å². The fourth-order valence-corrected chi connectivity index (χ4v) is 1.78. The van der Waals surface area contributed by atoms with E-state index in [-0.39, 0.29) is 6.01 Å². The number of anilines is 2. The molecule has 3 N–H and O–H groups in total. The van der Waals surface area contributed by atoms with Crippen LogP contribution < -0.4 is 20.9 Å². The number of nitrogen functional groups attached to an aromatic ring is 1. The molecule has 8 nitrogen and oxygen atoms in total. The SMILES string of the molecule is CN(C)c1nc(NN)nc(OCC2CCOCC2)n1. The van der Waals surface area contributed by atoms with Gasteiger partial charge in [-0.15, -0.1) is 0 Å². The topological polar surface area (TPSA) is 98.4 Å². The quantitative estimate of drug-likeness (QED) is 0.570. The lowest BCUT2D eigenvalue weighted by Crippen LogP contribution is -2.23. The van der Waals surface area contributed by atoms with Gasteiger partial charge in [-0.1, -0.05) is 0 Å². The van der Waals surface area contributed by atoms with Crippen LogP contribution in [0.2, 0.25) is 0 Å². The van der Waals surface area contributed by atoms with Crippen molar-refractivity contribution in [3.63, 3.8) is 0 Å². The number of aromatic nitrogens is 3. The minimum absolute atomic E-state index is 0.290. The van der Waals surface area contributed by atoms with Crippen molar-refractivity contribution in [1.29, 1.82) is 0 Å². The summed E-state index contributed by atoms with van der Waals surface area (Å²) in [6.45, 7) is 2.18. The van der Waals surface area contributed by atoms with E-state index in [2.05, 4.69) is 20.4 Å². The van der Waals surface area contributed by atoms with Gasteiger partial charge < -0.3 is 14.4 Å². The van der Waals surface area contributed by atoms with Crippen LogP contribution in [0.15, 0.2) is 0 Å². The third kappa shape index (κ3) is 3.90. The van der Waals surface area contributed by atoms with Crippen LogP contribution in [0.3, 0.4) is 0 Å². The molecule has 1 fully saturated rings. The first-order chi connectivity index (χ1) is 9.19. The molecule has 0 atom stereocenters. The van der Waals surface area contributed by atoms with E-state index in [1.807, 2.05) is 14.1 Å². The maximum Gasteiger partial charge on any atom is 0.323 e. The summed E-state index contributed by atoms with van der Waals surface area (Å²) in [5.41, 5.74) is 2.41. The molecule has 2 rings (SSSR count). The second kappa shape index (κ2) is 6.48. The van der Waals surface area contributed by atoms with Gasteiger partial charge in [-0.25, -0.2) is 5.84 Å². The molecule has 106 valence electrons. The lowest BCUT2D eigenvalue weighted by atomic mass is 10.0. The van der Waals surface area contributed by atoms with Crippen molar-refractivity contribution in [2.45, 2.75) is 12.8 Å². The van der Waals surface area contributed by atoms with E-state index in [1.54, 1.807) is 4.90 Å². The van der Waals surface area contributed by atoms with Gasteiger partial charge in [0.1, 0.15) is 0 Å². The van der Waals surface area contributed by atoms with Crippen LogP contribution in [0.4, 0.5) is 11.9 Å². The summed E-state index contributed by atoms with van der Waals surface area (Å²) in [4.78, 5) is 14.2. The smallest absolute Gasteiger partial charge is 0.323 e. The molecule has 0 unspecified atom stereocenters. The number of hydrogen-bond donors (Lipinski definition) is 2. The number of ether oxygens (including phenoxy) is 2. The number of nitrogens with two attached hydrogens (primary N) is 1. The van der Waals surface area contributed by atoms with Gasteiger partial charge in [-0.05, 0) is 18.8 Å². The molecule has 0 aliphatic carbocycles. The molecule has 0 amide bonds. The molecule has 1 aliphatic heterocycles. The van der Waals surface area contributed by atoms with E-state index >= 15 is 0 Å². The van der Waals surface area contributed by atoms with E-state index in [0.717, 1.165) is 26.1 Å². The summed E-state index contributed by atoms with van der Waals surface area (Å²) >= 11 is 0. The van der Waals surface area contributed by atoms with Gasteiger partial charge in [0.2, 0.25) is 11.9 Å². The van der Waals surface area contributed by atoms with Gasteiger partial charge in [0.25, 0.3) is 0 Å². The number of nitrogens with zero attached hydrogens (tertiary/aromatic N) is 4. The van der Waals surface area contributed by atoms with Crippen molar-refractivity contribution >= 4 is 11.9 Å². The fourth-order valence-electron chi connectivity index (χ4n) is 1.78. The highest BCUT2D eigenvalue weighted by atomic mass is 16.5. The predicted octanol–water partition coefficient (Wildman–Crippen LogP) is 0.0286. The summed E-state index contributed by atoms with van der Waals surface area (Å²) in [5.74, 6) is 6.62. The number of nitrogens with one attached hydrogen (secondary N) is 1. The third-order valence-electron chi connectivity index (χ3n) is 2.92. The van der Waals surface area contributed by atoms with Crippen LogP contribution in [0, 0.1) is 5.92 Å². The minimum atomic E-state index is 0.290. The van der Waals surface area contributed by atoms with Crippen molar-refractivity contribution in [2.24, 2.45) is 11.8 Å². The maximum absolute atomic E-state index is 5.64. The molecule has 0 saturated carbocycles. The first-order valence-corrected chi connectivity index (χ1v) is 6.29. The van der Waals surface area contributed by atoms with Crippen LogP contribution in [0.1, 0.15) is 12.8 Å². The molecule has 19 heavy (non-hydrogen) atoms. The molecular weight excluding hydrogens is 248 g/mol. The van der Waals surface area contributed by atoms with Gasteiger partial charge in [0.05, 0.1) is 6.61 Å². The zero-order valence-corrected chi connectivity index (χ0v) is 11.3. The molecule has 0 bridgehead atoms. The Morgan fingerprint density at radius 2 is 2.05 bits per heavy atom. The molecule has 1 aromatic heterocycles. The largest absolute Gasteiger partial charge is 0.463 e. The Balaban J connectivity index is 2.00. The first kappa shape index (κ1) is 13.8. The Morgan fingerprint density at radius 3 is 2.68 bits per heavy atom. The highest BCUT2D eigenvalue weighted by molar-refractivity contribution is 5.35. The normalized spacial score (nSPS) is 16.2. The average molecular weight is 268 g/mol. The van der Waals surface area contributed by atoms with Gasteiger partial charge in [-0.2, -0.15) is 15.0 Å². The minimum Gasteiger partial charge on any atom is -0.463 e. The zero-order valence-electron chi connectivity index (χ0n) is 11.3. The van der Waals surface area contributed by atoms with Crippen molar-refractivity contribution in [3.05, 3.63) is 0 Å². The lowest BCUT2D eigenvalue weighted by molar-refractivity contribution is 0.0482. The zero-order chi connectivity index (χ0) is 13.7. The Kier molecular flexibility index (Phi) is 4.69. The summed E-state index contributed by atoms with van der Waals surface area (Å²) in [7, 11) is 3.69. The van der Waals surface area contributed by atoms with E-state index in [9.17, 15) is 0 Å². The van der Waals surface area contributed by atoms with Crippen LogP contribution in [-0.2, 0) is 4.74 Å². The number of hydrazine groups is 1. The first-order valence-electron chi connectivity index (χ1n) is 6.29. The van der Waals surface area contributed by atoms with E-state index < -0.39 is 0 Å². The van der Waals surface area contributed by atoms with E-state index in [0.29, 0.717) is 24.4 Å². The van der Waals surface area contributed by atoms with Crippen molar-refractivity contribution in [3.8, 4) is 6.01 Å². The van der Waals surface area contributed by atoms with Crippen LogP contribution in [0.25, 0.3) is 0 Å². The second-order valence-electron chi connectivity index (χ2n) is 4.65. The lowest BCUT2D eigenvalue weighted by Gasteiger charge is -2.21. The molecule has 1 aromatic rings. The third-order valence-corrected chi connectivity index (χ3v) is 2.92. The predicted molar refractivity (Wildman–Crippen MR) is 71.0 cm³/mol. The molecule has 8 heteroatoms. The highest BCUT2D eigenvalue weighted by Crippen LogP contribution is 2.17. The highest BCUT2D eigenvalue weighted by Gasteiger charge is 2.16. The van der Waals surface area contributed by atoms with Crippen LogP contribution >= 0.6 is 0 Å². The molecule has 1 saturated heterocycles. The molecule has 0 radical (unpaired) electrons. The maximum atomic E-state index is 5.64. The van der Waals surface area contributed by atoms with Crippen LogP contribution in [-0.4, -0.2) is 48.9 Å². The van der Waals surface area contributed by atoms with Gasteiger partial charge in [-0.3, -0.25) is 5.43 Å². The summed E-state index contributed by atoms with van der Waals surface area (Å²) in [6, 6.07) is 0.290. The Labute approximate surface area is 112 Å². The Morgan fingerprint density at radius 1 is 1.32 bits per heavy atom.